The Hall–Kier alpha value is -2.68. The molecule has 0 saturated carbocycles. The molecular weight excluding hydrogens is 336 g/mol. The predicted octanol–water partition coefficient (Wildman–Crippen LogP) is 2.49. The van der Waals surface area contributed by atoms with Gasteiger partial charge in [-0.2, -0.15) is 0 Å². The Morgan fingerprint density at radius 2 is 1.67 bits per heavy atom. The van der Waals surface area contributed by atoms with Gasteiger partial charge in [0.2, 0.25) is 0 Å². The van der Waals surface area contributed by atoms with Gasteiger partial charge in [-0.05, 0) is 26.3 Å². The minimum atomic E-state index is -0.659. The first kappa shape index (κ1) is 17.7. The van der Waals surface area contributed by atoms with Crippen LogP contribution in [0.3, 0.4) is 0 Å². The molecule has 0 aromatic carbocycles. The molecule has 0 radical (unpaired) electrons. The number of thiophene rings is 1. The van der Waals surface area contributed by atoms with Gasteiger partial charge >= 0.3 is 11.9 Å². The zero-order valence-electron chi connectivity index (χ0n) is 13.8. The molecule has 1 N–H and O–H groups in total. The van der Waals surface area contributed by atoms with Gasteiger partial charge < -0.3 is 19.3 Å². The van der Waals surface area contributed by atoms with Crippen LogP contribution in [-0.4, -0.2) is 37.2 Å². The fourth-order valence-corrected chi connectivity index (χ4v) is 3.32. The molecule has 0 aliphatic carbocycles. The first-order valence-electron chi connectivity index (χ1n) is 6.86. The number of ether oxygens (including phenoxy) is 2. The van der Waals surface area contributed by atoms with Crippen molar-refractivity contribution in [2.24, 2.45) is 0 Å². The molecule has 0 aliphatic rings. The predicted molar refractivity (Wildman–Crippen MR) is 85.7 cm³/mol. The van der Waals surface area contributed by atoms with Crippen LogP contribution < -0.4 is 5.32 Å². The highest BCUT2D eigenvalue weighted by Crippen LogP contribution is 2.34. The molecule has 0 fully saturated rings. The first-order valence-corrected chi connectivity index (χ1v) is 7.67. The van der Waals surface area contributed by atoms with Crippen molar-refractivity contribution >= 4 is 34.2 Å². The second-order valence-corrected chi connectivity index (χ2v) is 5.92. The van der Waals surface area contributed by atoms with Gasteiger partial charge in [0.15, 0.2) is 0 Å². The average Bonchev–Trinajstić information content (AvgIpc) is 3.05. The fourth-order valence-electron chi connectivity index (χ4n) is 2.21. The average molecular weight is 352 g/mol. The summed E-state index contributed by atoms with van der Waals surface area (Å²) in [4.78, 5) is 36.5. The van der Waals surface area contributed by atoms with E-state index in [1.807, 2.05) is 0 Å². The van der Waals surface area contributed by atoms with Crippen LogP contribution in [0, 0.1) is 20.8 Å². The van der Waals surface area contributed by atoms with E-state index in [-0.39, 0.29) is 21.0 Å². The van der Waals surface area contributed by atoms with Gasteiger partial charge in [-0.3, -0.25) is 4.79 Å². The van der Waals surface area contributed by atoms with Crippen molar-refractivity contribution in [2.45, 2.75) is 20.8 Å². The lowest BCUT2D eigenvalue weighted by molar-refractivity contribution is 0.0601. The Kier molecular flexibility index (Phi) is 5.03. The third kappa shape index (κ3) is 3.02. The third-order valence-corrected chi connectivity index (χ3v) is 4.58. The van der Waals surface area contributed by atoms with E-state index in [9.17, 15) is 14.4 Å². The van der Waals surface area contributed by atoms with Crippen LogP contribution in [0.2, 0.25) is 0 Å². The maximum absolute atomic E-state index is 12.5. The van der Waals surface area contributed by atoms with E-state index in [0.29, 0.717) is 17.0 Å². The third-order valence-electron chi connectivity index (χ3n) is 3.39. The number of aryl methyl sites for hydroxylation is 2. The van der Waals surface area contributed by atoms with Gasteiger partial charge in [0.1, 0.15) is 21.2 Å². The Morgan fingerprint density at radius 1 is 1.04 bits per heavy atom. The van der Waals surface area contributed by atoms with Gasteiger partial charge in [-0.15, -0.1) is 11.3 Å². The summed E-state index contributed by atoms with van der Waals surface area (Å²) < 4.78 is 14.4. The van der Waals surface area contributed by atoms with Crippen LogP contribution in [0.4, 0.5) is 5.00 Å². The number of nitrogens with one attached hydrogen (secondary N) is 1. The fraction of sp³-hybridized carbons (Fsp3) is 0.333. The molecule has 0 unspecified atom stereocenters. The molecule has 24 heavy (non-hydrogen) atoms. The minimum Gasteiger partial charge on any atom is -0.465 e. The van der Waals surface area contributed by atoms with Gasteiger partial charge in [0.25, 0.3) is 5.91 Å². The summed E-state index contributed by atoms with van der Waals surface area (Å²) in [6.07, 6.45) is 0. The molecule has 0 aliphatic heterocycles. The number of nitrogens with zero attached hydrogens (tertiary/aromatic N) is 1. The van der Waals surface area contributed by atoms with Gasteiger partial charge in [0.05, 0.1) is 25.5 Å². The van der Waals surface area contributed by atoms with E-state index in [0.717, 1.165) is 11.3 Å². The van der Waals surface area contributed by atoms with E-state index in [1.54, 1.807) is 20.8 Å². The summed E-state index contributed by atoms with van der Waals surface area (Å²) in [7, 11) is 2.46. The maximum Gasteiger partial charge on any atom is 0.348 e. The van der Waals surface area contributed by atoms with Crippen molar-refractivity contribution < 1.29 is 28.4 Å². The smallest absolute Gasteiger partial charge is 0.348 e. The highest BCUT2D eigenvalue weighted by molar-refractivity contribution is 7.18. The molecule has 8 nitrogen and oxygen atoms in total. The molecular formula is C15H16N2O6S. The molecule has 2 heterocycles. The highest BCUT2D eigenvalue weighted by atomic mass is 32.1. The molecule has 0 atom stereocenters. The van der Waals surface area contributed by atoms with E-state index < -0.39 is 17.8 Å². The Labute approximate surface area is 141 Å². The number of carbonyl (C=O) groups is 3. The summed E-state index contributed by atoms with van der Waals surface area (Å²) in [5, 5.41) is 6.54. The lowest BCUT2D eigenvalue weighted by Crippen LogP contribution is -2.15. The lowest BCUT2D eigenvalue weighted by atomic mass is 10.1. The van der Waals surface area contributed by atoms with Gasteiger partial charge in [-0.25, -0.2) is 9.59 Å². The zero-order chi connectivity index (χ0) is 18.0. The summed E-state index contributed by atoms with van der Waals surface area (Å²) in [6.45, 7) is 4.82. The number of anilines is 1. The van der Waals surface area contributed by atoms with Crippen LogP contribution in [0.15, 0.2) is 4.52 Å². The summed E-state index contributed by atoms with van der Waals surface area (Å²) in [5.41, 5.74) is 1.19. The van der Waals surface area contributed by atoms with Crippen LogP contribution in [0.5, 0.6) is 0 Å². The van der Waals surface area contributed by atoms with Crippen molar-refractivity contribution in [3.63, 3.8) is 0 Å². The van der Waals surface area contributed by atoms with E-state index in [2.05, 4.69) is 10.5 Å². The van der Waals surface area contributed by atoms with Crippen molar-refractivity contribution in [2.75, 3.05) is 19.5 Å². The second kappa shape index (κ2) is 6.83. The lowest BCUT2D eigenvalue weighted by Gasteiger charge is -2.05. The molecule has 128 valence electrons. The Bertz CT molecular complexity index is 801. The summed E-state index contributed by atoms with van der Waals surface area (Å²) in [5.74, 6) is -1.39. The number of carbonyl (C=O) groups excluding carboxylic acids is 3. The summed E-state index contributed by atoms with van der Waals surface area (Å²) >= 11 is 0.941. The normalized spacial score (nSPS) is 10.4. The number of amides is 1. The van der Waals surface area contributed by atoms with E-state index in [1.165, 1.54) is 14.2 Å². The number of esters is 2. The maximum atomic E-state index is 12.5. The Morgan fingerprint density at radius 3 is 2.17 bits per heavy atom. The number of hydrogen-bond acceptors (Lipinski definition) is 8. The van der Waals surface area contributed by atoms with Crippen molar-refractivity contribution in [3.8, 4) is 0 Å². The van der Waals surface area contributed by atoms with Gasteiger partial charge in [0, 0.05) is 0 Å². The number of methoxy groups -OCH3 is 2. The molecule has 0 saturated heterocycles. The highest BCUT2D eigenvalue weighted by Gasteiger charge is 2.28. The van der Waals surface area contributed by atoms with Gasteiger partial charge in [-0.1, -0.05) is 5.16 Å². The summed E-state index contributed by atoms with van der Waals surface area (Å²) in [6, 6.07) is 0. The SMILES string of the molecule is COC(=O)c1sc(NC(=O)c2c(C)noc2C)c(C(=O)OC)c1C. The monoisotopic (exact) mass is 352 g/mol. The molecule has 9 heteroatoms. The topological polar surface area (TPSA) is 108 Å². The van der Waals surface area contributed by atoms with E-state index >= 15 is 0 Å². The minimum absolute atomic E-state index is 0.114. The molecule has 1 amide bonds. The van der Waals surface area contributed by atoms with Crippen molar-refractivity contribution in [3.05, 3.63) is 33.0 Å². The zero-order valence-corrected chi connectivity index (χ0v) is 14.6. The van der Waals surface area contributed by atoms with E-state index in [4.69, 9.17) is 14.0 Å². The van der Waals surface area contributed by atoms with Crippen LogP contribution in [0.25, 0.3) is 0 Å². The molecule has 2 aromatic heterocycles. The largest absolute Gasteiger partial charge is 0.465 e. The van der Waals surface area contributed by atoms with Crippen LogP contribution in [0.1, 0.15) is 47.4 Å². The second-order valence-electron chi connectivity index (χ2n) is 4.90. The van der Waals surface area contributed by atoms with Crippen LogP contribution in [-0.2, 0) is 9.47 Å². The number of hydrogen-bond donors (Lipinski definition) is 1. The standard InChI is InChI=1S/C15H16N2O6S/c1-6-9(14(19)21-4)13(24-11(6)15(20)22-5)16-12(18)10-7(2)17-23-8(10)3/h1-5H3,(H,16,18). The molecule has 0 bridgehead atoms. The molecule has 0 spiro atoms. The number of rotatable bonds is 4. The van der Waals surface area contributed by atoms with Crippen LogP contribution >= 0.6 is 11.3 Å². The quantitative estimate of drug-likeness (QED) is 0.842. The van der Waals surface area contributed by atoms with Crippen molar-refractivity contribution in [1.82, 2.24) is 5.16 Å². The first-order chi connectivity index (χ1) is 11.3. The number of aromatic nitrogens is 1. The molecule has 2 aromatic rings. The molecule has 2 rings (SSSR count). The Balaban J connectivity index is 2.47. The van der Waals surface area contributed by atoms with Crippen molar-refractivity contribution in [1.29, 1.82) is 0 Å².